The van der Waals surface area contributed by atoms with E-state index in [0.29, 0.717) is 56.9 Å². The normalized spacial score (nSPS) is 20.4. The predicted molar refractivity (Wildman–Crippen MR) is 87.9 cm³/mol. The Morgan fingerprint density at radius 2 is 2.04 bits per heavy atom. The van der Waals surface area contributed by atoms with Crippen molar-refractivity contribution in [2.75, 3.05) is 37.8 Å². The first-order chi connectivity index (χ1) is 11.8. The molecular formula is C18H20FN3O2. The smallest absolute Gasteiger partial charge is 0.183 e. The molecule has 5 nitrogen and oxygen atoms in total. The Morgan fingerprint density at radius 3 is 2.92 bits per heavy atom. The molecule has 6 heteroatoms. The lowest BCUT2D eigenvalue weighted by atomic mass is 9.94. The van der Waals surface area contributed by atoms with Crippen molar-refractivity contribution in [1.29, 1.82) is 0 Å². The van der Waals surface area contributed by atoms with Crippen LogP contribution in [0.15, 0.2) is 30.5 Å². The number of para-hydroxylation sites is 1. The summed E-state index contributed by atoms with van der Waals surface area (Å²) in [5, 5.41) is 0. The van der Waals surface area contributed by atoms with E-state index in [1.54, 1.807) is 0 Å². The molecule has 2 aliphatic rings. The van der Waals surface area contributed by atoms with E-state index in [4.69, 9.17) is 9.47 Å². The monoisotopic (exact) mass is 329 g/mol. The molecule has 1 saturated heterocycles. The minimum atomic E-state index is -0.370. The molecule has 0 N–H and O–H groups in total. The molecule has 1 unspecified atom stereocenters. The molecule has 126 valence electrons. The first-order valence-electron chi connectivity index (χ1n) is 8.34. The van der Waals surface area contributed by atoms with Crippen LogP contribution in [-0.4, -0.2) is 42.9 Å². The molecule has 3 heterocycles. The summed E-state index contributed by atoms with van der Waals surface area (Å²) in [7, 11) is 0. The van der Waals surface area contributed by atoms with Gasteiger partial charge in [0, 0.05) is 25.4 Å². The van der Waals surface area contributed by atoms with Gasteiger partial charge in [0.2, 0.25) is 0 Å². The van der Waals surface area contributed by atoms with Crippen LogP contribution in [-0.2, 0) is 17.6 Å². The summed E-state index contributed by atoms with van der Waals surface area (Å²) in [5.41, 5.74) is 1.21. The highest BCUT2D eigenvalue weighted by molar-refractivity contribution is 5.40. The van der Waals surface area contributed by atoms with Crippen LogP contribution in [0, 0.1) is 11.7 Å². The van der Waals surface area contributed by atoms with Gasteiger partial charge in [-0.15, -0.1) is 0 Å². The lowest BCUT2D eigenvalue weighted by molar-refractivity contribution is 0.122. The molecule has 24 heavy (non-hydrogen) atoms. The molecule has 1 aromatic heterocycles. The van der Waals surface area contributed by atoms with Gasteiger partial charge in [-0.3, -0.25) is 0 Å². The van der Waals surface area contributed by atoms with Gasteiger partial charge in [-0.05, 0) is 18.1 Å². The second-order valence-electron chi connectivity index (χ2n) is 6.25. The molecule has 4 rings (SSSR count). The number of benzene rings is 1. The van der Waals surface area contributed by atoms with E-state index in [2.05, 4.69) is 16.0 Å². The number of aromatic nitrogens is 2. The number of rotatable bonds is 3. The van der Waals surface area contributed by atoms with Crippen LogP contribution >= 0.6 is 0 Å². The van der Waals surface area contributed by atoms with Crippen molar-refractivity contribution >= 4 is 5.82 Å². The van der Waals surface area contributed by atoms with Gasteiger partial charge in [-0.25, -0.2) is 14.4 Å². The fourth-order valence-corrected chi connectivity index (χ4v) is 3.27. The van der Waals surface area contributed by atoms with Crippen molar-refractivity contribution in [2.45, 2.75) is 12.8 Å². The van der Waals surface area contributed by atoms with Gasteiger partial charge in [-0.1, -0.05) is 18.2 Å². The Hall–Kier alpha value is -2.21. The van der Waals surface area contributed by atoms with Gasteiger partial charge in [0.1, 0.15) is 11.6 Å². The Labute approximate surface area is 140 Å². The Morgan fingerprint density at radius 1 is 1.21 bits per heavy atom. The molecular weight excluding hydrogens is 309 g/mol. The zero-order valence-electron chi connectivity index (χ0n) is 13.4. The maximum Gasteiger partial charge on any atom is 0.183 e. The molecule has 0 amide bonds. The van der Waals surface area contributed by atoms with E-state index in [0.717, 1.165) is 12.2 Å². The summed E-state index contributed by atoms with van der Waals surface area (Å²) in [5.74, 6) is 1.96. The first kappa shape index (κ1) is 15.3. The van der Waals surface area contributed by atoms with Crippen molar-refractivity contribution in [3.05, 3.63) is 47.7 Å². The van der Waals surface area contributed by atoms with Crippen LogP contribution in [0.1, 0.15) is 11.4 Å². The summed E-state index contributed by atoms with van der Waals surface area (Å²) in [6.07, 6.45) is 2.90. The topological polar surface area (TPSA) is 47.5 Å². The lowest BCUT2D eigenvalue weighted by Gasteiger charge is -2.28. The third-order valence-corrected chi connectivity index (χ3v) is 4.51. The summed E-state index contributed by atoms with van der Waals surface area (Å²) in [6.45, 7) is 3.17. The molecule has 0 radical (unpaired) electrons. The molecule has 1 aromatic carbocycles. The number of anilines is 1. The molecule has 2 aromatic rings. The quantitative estimate of drug-likeness (QED) is 0.864. The number of halogens is 1. The van der Waals surface area contributed by atoms with Gasteiger partial charge in [0.15, 0.2) is 11.6 Å². The average molecular weight is 329 g/mol. The van der Waals surface area contributed by atoms with Crippen LogP contribution in [0.25, 0.3) is 0 Å². The fourth-order valence-electron chi connectivity index (χ4n) is 3.27. The minimum absolute atomic E-state index is 0.308. The number of morpholine rings is 1. The van der Waals surface area contributed by atoms with Crippen LogP contribution in [0.2, 0.25) is 0 Å². The van der Waals surface area contributed by atoms with Crippen LogP contribution in [0.5, 0.6) is 5.75 Å². The molecule has 0 aliphatic carbocycles. The number of fused-ring (bicyclic) bond motifs is 1. The van der Waals surface area contributed by atoms with Gasteiger partial charge in [0.25, 0.3) is 0 Å². The van der Waals surface area contributed by atoms with Crippen molar-refractivity contribution in [1.82, 2.24) is 9.97 Å². The van der Waals surface area contributed by atoms with E-state index in [9.17, 15) is 4.39 Å². The number of ether oxygens (including phenoxy) is 2. The van der Waals surface area contributed by atoms with Crippen LogP contribution < -0.4 is 9.64 Å². The largest absolute Gasteiger partial charge is 0.493 e. The van der Waals surface area contributed by atoms with Crippen molar-refractivity contribution < 1.29 is 13.9 Å². The Kier molecular flexibility index (Phi) is 4.30. The third kappa shape index (κ3) is 3.19. The number of hydrogen-bond acceptors (Lipinski definition) is 5. The van der Waals surface area contributed by atoms with Gasteiger partial charge in [0.05, 0.1) is 26.0 Å². The highest BCUT2D eigenvalue weighted by atomic mass is 19.1. The molecule has 2 aliphatic heterocycles. The van der Waals surface area contributed by atoms with E-state index in [1.807, 2.05) is 23.1 Å². The van der Waals surface area contributed by atoms with E-state index in [1.165, 1.54) is 11.8 Å². The van der Waals surface area contributed by atoms with Gasteiger partial charge in [-0.2, -0.15) is 0 Å². The first-order valence-corrected chi connectivity index (χ1v) is 8.34. The zero-order valence-corrected chi connectivity index (χ0v) is 13.4. The number of hydrogen-bond donors (Lipinski definition) is 0. The molecule has 0 spiro atoms. The third-order valence-electron chi connectivity index (χ3n) is 4.51. The van der Waals surface area contributed by atoms with Crippen molar-refractivity contribution in [3.8, 4) is 5.75 Å². The van der Waals surface area contributed by atoms with E-state index < -0.39 is 0 Å². The maximum absolute atomic E-state index is 14.1. The van der Waals surface area contributed by atoms with Crippen LogP contribution in [0.4, 0.5) is 10.2 Å². The second kappa shape index (κ2) is 6.73. The average Bonchev–Trinajstić information content (AvgIpc) is 2.64. The fraction of sp³-hybridized carbons (Fsp3) is 0.444. The standard InChI is InChI=1S/C18H20FN3O2/c19-15-11-20-17(21-18(15)22-5-7-23-8-6-22)10-13-9-14-3-1-2-4-16(14)24-12-13/h1-4,11,13H,5-10,12H2. The number of nitrogens with zero attached hydrogens (tertiary/aromatic N) is 3. The summed E-state index contributed by atoms with van der Waals surface area (Å²) in [4.78, 5) is 10.6. The van der Waals surface area contributed by atoms with E-state index >= 15 is 0 Å². The Balaban J connectivity index is 1.49. The van der Waals surface area contributed by atoms with Gasteiger partial charge < -0.3 is 14.4 Å². The summed E-state index contributed by atoms with van der Waals surface area (Å²) in [6, 6.07) is 8.09. The second-order valence-corrected chi connectivity index (χ2v) is 6.25. The summed E-state index contributed by atoms with van der Waals surface area (Å²) >= 11 is 0. The molecule has 1 atom stereocenters. The highest BCUT2D eigenvalue weighted by Crippen LogP contribution is 2.28. The van der Waals surface area contributed by atoms with Crippen LogP contribution in [0.3, 0.4) is 0 Å². The minimum Gasteiger partial charge on any atom is -0.493 e. The predicted octanol–water partition coefficient (Wildman–Crippen LogP) is 2.25. The van der Waals surface area contributed by atoms with E-state index in [-0.39, 0.29) is 5.82 Å². The highest BCUT2D eigenvalue weighted by Gasteiger charge is 2.23. The molecule has 0 bridgehead atoms. The maximum atomic E-state index is 14.1. The molecule has 1 fully saturated rings. The summed E-state index contributed by atoms with van der Waals surface area (Å²) < 4.78 is 25.2. The SMILES string of the molecule is Fc1cnc(CC2COc3ccccc3C2)nc1N1CCOCC1. The van der Waals surface area contributed by atoms with Crippen molar-refractivity contribution in [2.24, 2.45) is 5.92 Å². The molecule has 0 saturated carbocycles. The lowest BCUT2D eigenvalue weighted by Crippen LogP contribution is -2.37. The zero-order chi connectivity index (χ0) is 16.4. The van der Waals surface area contributed by atoms with Crippen molar-refractivity contribution in [3.63, 3.8) is 0 Å². The Bertz CT molecular complexity index is 719. The van der Waals surface area contributed by atoms with Gasteiger partial charge >= 0.3 is 0 Å².